The maximum Gasteiger partial charge on any atom is 0.242 e. The predicted molar refractivity (Wildman–Crippen MR) is 70.4 cm³/mol. The normalized spacial score (nSPS) is 12.7. The molecular formula is C10H14Cl2N2O3S. The average molecular weight is 313 g/mol. The van der Waals surface area contributed by atoms with Gasteiger partial charge in [0.15, 0.2) is 0 Å². The second-order valence-electron chi connectivity index (χ2n) is 4.41. The fourth-order valence-electron chi connectivity index (χ4n) is 1.30. The lowest BCUT2D eigenvalue weighted by atomic mass is 10.0. The van der Waals surface area contributed by atoms with Crippen molar-refractivity contribution in [1.82, 2.24) is 9.71 Å². The van der Waals surface area contributed by atoms with Gasteiger partial charge in [0.05, 0.1) is 5.02 Å². The first kappa shape index (κ1) is 15.7. The van der Waals surface area contributed by atoms with Crippen LogP contribution >= 0.6 is 23.2 Å². The summed E-state index contributed by atoms with van der Waals surface area (Å²) < 4.78 is 26.6. The van der Waals surface area contributed by atoms with Gasteiger partial charge in [-0.05, 0) is 26.3 Å². The summed E-state index contributed by atoms with van der Waals surface area (Å²) in [6, 6.07) is 1.23. The van der Waals surface area contributed by atoms with Crippen LogP contribution in [0.3, 0.4) is 0 Å². The van der Waals surface area contributed by atoms with Gasteiger partial charge in [-0.25, -0.2) is 18.1 Å². The van der Waals surface area contributed by atoms with Crippen molar-refractivity contribution < 1.29 is 13.5 Å². The van der Waals surface area contributed by atoms with Gasteiger partial charge in [-0.1, -0.05) is 23.2 Å². The molecule has 2 N–H and O–H groups in total. The molecule has 0 aromatic carbocycles. The van der Waals surface area contributed by atoms with E-state index >= 15 is 0 Å². The van der Waals surface area contributed by atoms with Crippen molar-refractivity contribution in [3.8, 4) is 0 Å². The molecule has 0 spiro atoms. The molecule has 0 radical (unpaired) electrons. The average Bonchev–Trinajstić information content (AvgIpc) is 2.20. The third kappa shape index (κ3) is 4.07. The maximum absolute atomic E-state index is 12.1. The third-order valence-corrected chi connectivity index (χ3v) is 4.58. The molecule has 0 fully saturated rings. The monoisotopic (exact) mass is 312 g/mol. The highest BCUT2D eigenvalue weighted by molar-refractivity contribution is 7.89. The van der Waals surface area contributed by atoms with Gasteiger partial charge in [0.2, 0.25) is 10.0 Å². The minimum atomic E-state index is -3.75. The fourth-order valence-corrected chi connectivity index (χ4v) is 3.05. The predicted octanol–water partition coefficient (Wildman–Crippen LogP) is 1.83. The number of halogens is 2. The van der Waals surface area contributed by atoms with E-state index in [4.69, 9.17) is 28.3 Å². The number of rotatable bonds is 5. The Morgan fingerprint density at radius 2 is 2.06 bits per heavy atom. The van der Waals surface area contributed by atoms with Crippen molar-refractivity contribution in [2.24, 2.45) is 0 Å². The molecule has 102 valence electrons. The molecule has 1 aromatic heterocycles. The van der Waals surface area contributed by atoms with Crippen LogP contribution in [0.4, 0.5) is 0 Å². The minimum Gasteiger partial charge on any atom is -0.396 e. The Kier molecular flexibility index (Phi) is 4.97. The highest BCUT2D eigenvalue weighted by atomic mass is 35.5. The topological polar surface area (TPSA) is 79.3 Å². The smallest absolute Gasteiger partial charge is 0.242 e. The number of sulfonamides is 1. The summed E-state index contributed by atoms with van der Waals surface area (Å²) in [6.45, 7) is 3.23. The number of hydrogen-bond donors (Lipinski definition) is 2. The molecule has 0 aliphatic heterocycles. The first-order chi connectivity index (χ1) is 8.18. The Bertz CT molecular complexity index is 532. The van der Waals surface area contributed by atoms with Crippen molar-refractivity contribution in [3.63, 3.8) is 0 Å². The Balaban J connectivity index is 3.03. The van der Waals surface area contributed by atoms with Gasteiger partial charge >= 0.3 is 0 Å². The van der Waals surface area contributed by atoms with Crippen LogP contribution in [0.25, 0.3) is 0 Å². The summed E-state index contributed by atoms with van der Waals surface area (Å²) in [5.74, 6) is 0. The van der Waals surface area contributed by atoms with Crippen molar-refractivity contribution in [2.75, 3.05) is 6.61 Å². The number of nitrogens with zero attached hydrogens (tertiary/aromatic N) is 1. The van der Waals surface area contributed by atoms with Gasteiger partial charge in [0.25, 0.3) is 0 Å². The SMILES string of the molecule is CC(C)(CCO)NS(=O)(=O)c1cnc(Cl)c(Cl)c1. The number of aliphatic hydroxyl groups is 1. The first-order valence-corrected chi connectivity index (χ1v) is 7.38. The van der Waals surface area contributed by atoms with Crippen LogP contribution < -0.4 is 4.72 Å². The van der Waals surface area contributed by atoms with Crippen LogP contribution in [0.1, 0.15) is 20.3 Å². The van der Waals surface area contributed by atoms with Crippen molar-refractivity contribution in [1.29, 1.82) is 0 Å². The van der Waals surface area contributed by atoms with E-state index in [1.165, 1.54) is 6.07 Å². The summed E-state index contributed by atoms with van der Waals surface area (Å²) in [7, 11) is -3.75. The largest absolute Gasteiger partial charge is 0.396 e. The van der Waals surface area contributed by atoms with Crippen LogP contribution in [0.15, 0.2) is 17.2 Å². The van der Waals surface area contributed by atoms with E-state index in [0.29, 0.717) is 6.42 Å². The standard InChI is InChI=1S/C10H14Cl2N2O3S/c1-10(2,3-4-15)14-18(16,17)7-5-8(11)9(12)13-6-7/h5-6,14-15H,3-4H2,1-2H3. The second-order valence-corrected chi connectivity index (χ2v) is 6.85. The van der Waals surface area contributed by atoms with E-state index in [9.17, 15) is 8.42 Å². The third-order valence-electron chi connectivity index (χ3n) is 2.23. The molecule has 1 rings (SSSR count). The van der Waals surface area contributed by atoms with E-state index in [2.05, 4.69) is 9.71 Å². The zero-order valence-electron chi connectivity index (χ0n) is 9.94. The first-order valence-electron chi connectivity index (χ1n) is 5.14. The quantitative estimate of drug-likeness (QED) is 0.813. The Labute approximate surface area is 116 Å². The van der Waals surface area contributed by atoms with Crippen molar-refractivity contribution in [3.05, 3.63) is 22.4 Å². The summed E-state index contributed by atoms with van der Waals surface area (Å²) in [5, 5.41) is 8.98. The van der Waals surface area contributed by atoms with E-state index in [0.717, 1.165) is 6.20 Å². The zero-order chi connectivity index (χ0) is 14.0. The molecule has 0 aliphatic rings. The molecule has 8 heteroatoms. The van der Waals surface area contributed by atoms with Crippen LogP contribution in [0.5, 0.6) is 0 Å². The van der Waals surface area contributed by atoms with Crippen LogP contribution in [-0.2, 0) is 10.0 Å². The van der Waals surface area contributed by atoms with Gasteiger partial charge < -0.3 is 5.11 Å². The number of aliphatic hydroxyl groups excluding tert-OH is 1. The number of nitrogens with one attached hydrogen (secondary N) is 1. The summed E-state index contributed by atoms with van der Waals surface area (Å²) >= 11 is 11.3. The second kappa shape index (κ2) is 5.71. The molecule has 0 aliphatic carbocycles. The van der Waals surface area contributed by atoms with Gasteiger partial charge in [-0.15, -0.1) is 0 Å². The lowest BCUT2D eigenvalue weighted by Gasteiger charge is -2.24. The highest BCUT2D eigenvalue weighted by Crippen LogP contribution is 2.23. The Morgan fingerprint density at radius 1 is 1.44 bits per heavy atom. The van der Waals surface area contributed by atoms with E-state index in [1.807, 2.05) is 0 Å². The Hall–Kier alpha value is -0.400. The number of hydrogen-bond acceptors (Lipinski definition) is 4. The molecule has 0 amide bonds. The summed E-state index contributed by atoms with van der Waals surface area (Å²) in [4.78, 5) is 3.62. The van der Waals surface area contributed by atoms with Crippen LogP contribution in [0, 0.1) is 0 Å². The molecule has 1 heterocycles. The van der Waals surface area contributed by atoms with Crippen LogP contribution in [0.2, 0.25) is 10.2 Å². The molecule has 1 aromatic rings. The molecule has 0 saturated carbocycles. The van der Waals surface area contributed by atoms with Gasteiger partial charge in [-0.2, -0.15) is 0 Å². The molecule has 0 unspecified atom stereocenters. The maximum atomic E-state index is 12.1. The fraction of sp³-hybridized carbons (Fsp3) is 0.500. The highest BCUT2D eigenvalue weighted by Gasteiger charge is 2.26. The molecule has 18 heavy (non-hydrogen) atoms. The zero-order valence-corrected chi connectivity index (χ0v) is 12.3. The molecule has 0 atom stereocenters. The summed E-state index contributed by atoms with van der Waals surface area (Å²) in [5.41, 5.74) is -0.764. The van der Waals surface area contributed by atoms with Crippen molar-refractivity contribution in [2.45, 2.75) is 30.7 Å². The minimum absolute atomic E-state index is 0.0465. The van der Waals surface area contributed by atoms with Gasteiger partial charge in [0.1, 0.15) is 10.0 Å². The lowest BCUT2D eigenvalue weighted by Crippen LogP contribution is -2.43. The Morgan fingerprint density at radius 3 is 2.56 bits per heavy atom. The molecule has 0 bridgehead atoms. The van der Waals surface area contributed by atoms with E-state index < -0.39 is 15.6 Å². The lowest BCUT2D eigenvalue weighted by molar-refractivity contribution is 0.245. The molecular weight excluding hydrogens is 299 g/mol. The van der Waals surface area contributed by atoms with E-state index in [-0.39, 0.29) is 21.7 Å². The number of pyridine rings is 1. The van der Waals surface area contributed by atoms with Crippen molar-refractivity contribution >= 4 is 33.2 Å². The van der Waals surface area contributed by atoms with Gasteiger partial charge in [0, 0.05) is 18.3 Å². The summed E-state index contributed by atoms with van der Waals surface area (Å²) in [6.07, 6.45) is 1.42. The molecule has 0 saturated heterocycles. The van der Waals surface area contributed by atoms with Gasteiger partial charge in [-0.3, -0.25) is 0 Å². The molecule has 5 nitrogen and oxygen atoms in total. The number of aromatic nitrogens is 1. The van der Waals surface area contributed by atoms with Crippen LogP contribution in [-0.4, -0.2) is 30.7 Å². The van der Waals surface area contributed by atoms with E-state index in [1.54, 1.807) is 13.8 Å².